The molecule has 3 aromatic rings. The molecule has 0 aliphatic carbocycles. The third-order valence-electron chi connectivity index (χ3n) is 4.97. The first kappa shape index (κ1) is 22.5. The van der Waals surface area contributed by atoms with Gasteiger partial charge in [-0.25, -0.2) is 0 Å². The first-order valence-corrected chi connectivity index (χ1v) is 10.8. The van der Waals surface area contributed by atoms with Gasteiger partial charge < -0.3 is 24.4 Å². The number of halogens is 1. The number of aryl methyl sites for hydroxylation is 1. The van der Waals surface area contributed by atoms with Crippen molar-refractivity contribution >= 4 is 34.8 Å². The Morgan fingerprint density at radius 2 is 1.73 bits per heavy atom. The molecular formula is C25H23ClN2O5. The molecule has 0 spiro atoms. The van der Waals surface area contributed by atoms with E-state index in [1.165, 1.54) is 0 Å². The summed E-state index contributed by atoms with van der Waals surface area (Å²) in [4.78, 5) is 26.3. The van der Waals surface area contributed by atoms with Crippen LogP contribution in [-0.4, -0.2) is 38.2 Å². The number of hydrogen-bond acceptors (Lipinski definition) is 5. The molecule has 7 nitrogen and oxygen atoms in total. The second-order valence-electron chi connectivity index (χ2n) is 7.47. The van der Waals surface area contributed by atoms with Crippen molar-refractivity contribution in [3.8, 4) is 17.2 Å². The zero-order chi connectivity index (χ0) is 23.2. The second kappa shape index (κ2) is 10.3. The molecule has 1 N–H and O–H groups in total. The van der Waals surface area contributed by atoms with Gasteiger partial charge in [-0.05, 0) is 55.5 Å². The van der Waals surface area contributed by atoms with Gasteiger partial charge in [0.1, 0.15) is 23.9 Å². The topological polar surface area (TPSA) is 77.1 Å². The SMILES string of the molecule is Cc1ccc(OCCN2C(=O)COc3cc(NC(=O)COc4ccc(Cl)cc4)ccc32)cc1. The van der Waals surface area contributed by atoms with E-state index < -0.39 is 0 Å². The zero-order valence-electron chi connectivity index (χ0n) is 18.0. The highest BCUT2D eigenvalue weighted by atomic mass is 35.5. The van der Waals surface area contributed by atoms with Crippen LogP contribution >= 0.6 is 11.6 Å². The summed E-state index contributed by atoms with van der Waals surface area (Å²) in [5.74, 6) is 1.34. The molecule has 3 aromatic carbocycles. The van der Waals surface area contributed by atoms with E-state index in [-0.39, 0.29) is 25.0 Å². The summed E-state index contributed by atoms with van der Waals surface area (Å²) in [7, 11) is 0. The minimum Gasteiger partial charge on any atom is -0.492 e. The zero-order valence-corrected chi connectivity index (χ0v) is 18.8. The standard InChI is InChI=1S/C25H23ClN2O5/c1-17-2-7-20(8-3-17)31-13-12-28-22-11-6-19(14-23(22)33-16-25(28)30)27-24(29)15-32-21-9-4-18(26)5-10-21/h2-11,14H,12-13,15-16H2,1H3,(H,27,29). The molecule has 0 fully saturated rings. The average Bonchev–Trinajstić information content (AvgIpc) is 2.81. The number of anilines is 2. The maximum absolute atomic E-state index is 12.4. The third-order valence-corrected chi connectivity index (χ3v) is 5.23. The highest BCUT2D eigenvalue weighted by Crippen LogP contribution is 2.34. The number of carbonyl (C=O) groups excluding carboxylic acids is 2. The van der Waals surface area contributed by atoms with Crippen LogP contribution in [0, 0.1) is 6.92 Å². The van der Waals surface area contributed by atoms with Crippen LogP contribution in [0.4, 0.5) is 11.4 Å². The highest BCUT2D eigenvalue weighted by molar-refractivity contribution is 6.30. The fraction of sp³-hybridized carbons (Fsp3) is 0.200. The fourth-order valence-electron chi connectivity index (χ4n) is 3.29. The van der Waals surface area contributed by atoms with Crippen molar-refractivity contribution < 1.29 is 23.8 Å². The molecule has 0 atom stereocenters. The quantitative estimate of drug-likeness (QED) is 0.530. The summed E-state index contributed by atoms with van der Waals surface area (Å²) in [6.45, 7) is 2.50. The van der Waals surface area contributed by atoms with Crippen LogP contribution in [0.3, 0.4) is 0 Å². The number of rotatable bonds is 8. The normalized spacial score (nSPS) is 12.5. The smallest absolute Gasteiger partial charge is 0.265 e. The average molecular weight is 467 g/mol. The van der Waals surface area contributed by atoms with Crippen LogP contribution in [0.1, 0.15) is 5.56 Å². The van der Waals surface area contributed by atoms with Crippen LogP contribution in [0.15, 0.2) is 66.7 Å². The van der Waals surface area contributed by atoms with Gasteiger partial charge in [-0.1, -0.05) is 29.3 Å². The number of benzene rings is 3. The molecule has 8 heteroatoms. The fourth-order valence-corrected chi connectivity index (χ4v) is 3.42. The van der Waals surface area contributed by atoms with Crippen molar-refractivity contribution in [1.29, 1.82) is 0 Å². The van der Waals surface area contributed by atoms with Gasteiger partial charge in [-0.2, -0.15) is 0 Å². The summed E-state index contributed by atoms with van der Waals surface area (Å²) >= 11 is 5.84. The number of ether oxygens (including phenoxy) is 3. The summed E-state index contributed by atoms with van der Waals surface area (Å²) in [6.07, 6.45) is 0. The number of carbonyl (C=O) groups is 2. The molecular weight excluding hydrogens is 444 g/mol. The van der Waals surface area contributed by atoms with Crippen molar-refractivity contribution in [2.24, 2.45) is 0 Å². The van der Waals surface area contributed by atoms with E-state index in [2.05, 4.69) is 5.32 Å². The molecule has 0 saturated heterocycles. The summed E-state index contributed by atoms with van der Waals surface area (Å²) in [6, 6.07) is 19.7. The van der Waals surface area contributed by atoms with Gasteiger partial charge in [-0.15, -0.1) is 0 Å². The van der Waals surface area contributed by atoms with Crippen molar-refractivity contribution in [2.45, 2.75) is 6.92 Å². The molecule has 2 amide bonds. The van der Waals surface area contributed by atoms with Crippen molar-refractivity contribution in [1.82, 2.24) is 0 Å². The maximum Gasteiger partial charge on any atom is 0.265 e. The minimum absolute atomic E-state index is 0.0748. The molecule has 4 rings (SSSR count). The van der Waals surface area contributed by atoms with Gasteiger partial charge in [0.25, 0.3) is 11.8 Å². The van der Waals surface area contributed by atoms with Crippen LogP contribution in [-0.2, 0) is 9.59 Å². The van der Waals surface area contributed by atoms with Gasteiger partial charge in [0.05, 0.1) is 12.2 Å². The van der Waals surface area contributed by atoms with Gasteiger partial charge in [-0.3, -0.25) is 9.59 Å². The Morgan fingerprint density at radius 1 is 1.03 bits per heavy atom. The largest absolute Gasteiger partial charge is 0.492 e. The lowest BCUT2D eigenvalue weighted by Crippen LogP contribution is -2.41. The minimum atomic E-state index is -0.319. The van der Waals surface area contributed by atoms with Gasteiger partial charge in [0.2, 0.25) is 0 Å². The molecule has 33 heavy (non-hydrogen) atoms. The number of fused-ring (bicyclic) bond motifs is 1. The Hall–Kier alpha value is -3.71. The number of nitrogens with one attached hydrogen (secondary N) is 1. The lowest BCUT2D eigenvalue weighted by atomic mass is 10.2. The Balaban J connectivity index is 1.34. The first-order chi connectivity index (χ1) is 16.0. The van der Waals surface area contributed by atoms with Crippen LogP contribution < -0.4 is 24.4 Å². The lowest BCUT2D eigenvalue weighted by molar-refractivity contribution is -0.121. The van der Waals surface area contributed by atoms with Crippen molar-refractivity contribution in [3.05, 3.63) is 77.3 Å². The number of nitrogens with zero attached hydrogens (tertiary/aromatic N) is 1. The first-order valence-electron chi connectivity index (χ1n) is 10.4. The molecule has 1 aliphatic heterocycles. The molecule has 0 aromatic heterocycles. The monoisotopic (exact) mass is 466 g/mol. The highest BCUT2D eigenvalue weighted by Gasteiger charge is 2.25. The molecule has 1 heterocycles. The Morgan fingerprint density at radius 3 is 2.48 bits per heavy atom. The van der Waals surface area contributed by atoms with Crippen molar-refractivity contribution in [2.75, 3.05) is 36.6 Å². The van der Waals surface area contributed by atoms with Gasteiger partial charge in [0.15, 0.2) is 13.2 Å². The number of amides is 2. The Kier molecular flexibility index (Phi) is 7.00. The van der Waals surface area contributed by atoms with E-state index in [0.29, 0.717) is 41.0 Å². The predicted molar refractivity (Wildman–Crippen MR) is 127 cm³/mol. The Labute approximate surface area is 196 Å². The molecule has 0 saturated carbocycles. The van der Waals surface area contributed by atoms with E-state index in [0.717, 1.165) is 11.3 Å². The Bertz CT molecular complexity index is 1130. The van der Waals surface area contributed by atoms with E-state index in [4.69, 9.17) is 25.8 Å². The van der Waals surface area contributed by atoms with Crippen LogP contribution in [0.2, 0.25) is 5.02 Å². The van der Waals surface area contributed by atoms with E-state index >= 15 is 0 Å². The van der Waals surface area contributed by atoms with Crippen molar-refractivity contribution in [3.63, 3.8) is 0 Å². The van der Waals surface area contributed by atoms with Crippen LogP contribution in [0.25, 0.3) is 0 Å². The molecule has 170 valence electrons. The maximum atomic E-state index is 12.4. The van der Waals surface area contributed by atoms with Crippen LogP contribution in [0.5, 0.6) is 17.2 Å². The van der Waals surface area contributed by atoms with E-state index in [1.807, 2.05) is 31.2 Å². The molecule has 0 radical (unpaired) electrons. The summed E-state index contributed by atoms with van der Waals surface area (Å²) in [5.41, 5.74) is 2.33. The summed E-state index contributed by atoms with van der Waals surface area (Å²) < 4.78 is 16.8. The number of hydrogen-bond donors (Lipinski definition) is 1. The molecule has 1 aliphatic rings. The lowest BCUT2D eigenvalue weighted by Gasteiger charge is -2.29. The van der Waals surface area contributed by atoms with Gasteiger partial charge in [0, 0.05) is 16.8 Å². The predicted octanol–water partition coefficient (Wildman–Crippen LogP) is 4.47. The van der Waals surface area contributed by atoms with Gasteiger partial charge >= 0.3 is 0 Å². The molecule has 0 unspecified atom stereocenters. The van der Waals surface area contributed by atoms with E-state index in [9.17, 15) is 9.59 Å². The molecule has 0 bridgehead atoms. The third kappa shape index (κ3) is 5.96. The summed E-state index contributed by atoms with van der Waals surface area (Å²) in [5, 5.41) is 3.36. The second-order valence-corrected chi connectivity index (χ2v) is 7.91. The van der Waals surface area contributed by atoms with E-state index in [1.54, 1.807) is 47.4 Å².